The molecule has 0 spiro atoms. The number of Topliss-reactive ketones (excluding diaryl/α,β-unsaturated/α-hetero) is 1. The van der Waals surface area contributed by atoms with E-state index in [4.69, 9.17) is 16.6 Å². The van der Waals surface area contributed by atoms with Gasteiger partial charge >= 0.3 is 0 Å². The zero-order valence-electron chi connectivity index (χ0n) is 19.1. The van der Waals surface area contributed by atoms with Crippen molar-refractivity contribution in [1.29, 1.82) is 0 Å². The molecule has 1 N–H and O–H groups in total. The van der Waals surface area contributed by atoms with E-state index in [-0.39, 0.29) is 22.8 Å². The fourth-order valence-electron chi connectivity index (χ4n) is 3.75. The van der Waals surface area contributed by atoms with Crippen LogP contribution in [-0.2, 0) is 6.42 Å². The smallest absolute Gasteiger partial charge is 0.196 e. The minimum absolute atomic E-state index is 0.00379. The van der Waals surface area contributed by atoms with Crippen LogP contribution in [0.4, 0.5) is 16.0 Å². The number of nitrogens with zero attached hydrogens (tertiary/aromatic N) is 4. The average Bonchev–Trinajstić information content (AvgIpc) is 3.20. The quantitative estimate of drug-likeness (QED) is 0.320. The maximum atomic E-state index is 14.2. The van der Waals surface area contributed by atoms with Crippen LogP contribution in [-0.4, -0.2) is 41.2 Å². The Morgan fingerprint density at radius 1 is 1.17 bits per heavy atom. The summed E-state index contributed by atoms with van der Waals surface area (Å²) in [4.78, 5) is 29.6. The summed E-state index contributed by atoms with van der Waals surface area (Å²) in [6, 6.07) is 14.0. The van der Waals surface area contributed by atoms with Crippen LogP contribution < -0.4 is 10.2 Å². The highest BCUT2D eigenvalue weighted by Crippen LogP contribution is 2.30. The summed E-state index contributed by atoms with van der Waals surface area (Å²) in [5.41, 5.74) is 2.00. The Bertz CT molecular complexity index is 1340. The van der Waals surface area contributed by atoms with Gasteiger partial charge in [-0.25, -0.2) is 14.4 Å². The Morgan fingerprint density at radius 3 is 2.66 bits per heavy atom. The SMILES string of the molecule is CC1=CC(Nc2cc(N3CCC3)nc(Sc3ccc(CC(=O)c4cccc(Cl)c4F)cc3)n2)=NC1. The minimum Gasteiger partial charge on any atom is -0.356 e. The second-order valence-electron chi connectivity index (χ2n) is 8.50. The first kappa shape index (κ1) is 23.5. The molecule has 0 bridgehead atoms. The number of hydrogen-bond acceptors (Lipinski definition) is 7. The molecule has 1 aromatic heterocycles. The number of amidine groups is 1. The number of halogens is 2. The van der Waals surface area contributed by atoms with Gasteiger partial charge in [0, 0.05) is 30.5 Å². The first-order chi connectivity index (χ1) is 16.9. The Hall–Kier alpha value is -3.23. The summed E-state index contributed by atoms with van der Waals surface area (Å²) < 4.78 is 14.2. The molecule has 1 fully saturated rings. The molecule has 178 valence electrons. The number of ketones is 1. The van der Waals surface area contributed by atoms with Crippen LogP contribution in [0.2, 0.25) is 5.02 Å². The van der Waals surface area contributed by atoms with Crippen LogP contribution in [0, 0.1) is 5.82 Å². The first-order valence-corrected chi connectivity index (χ1v) is 12.5. The van der Waals surface area contributed by atoms with Crippen LogP contribution in [0.15, 0.2) is 75.2 Å². The fraction of sp³-hybridized carbons (Fsp3) is 0.231. The van der Waals surface area contributed by atoms with Gasteiger partial charge in [-0.1, -0.05) is 29.8 Å². The lowest BCUT2D eigenvalue weighted by Crippen LogP contribution is -2.37. The number of aromatic nitrogens is 2. The van der Waals surface area contributed by atoms with Gasteiger partial charge in [0.1, 0.15) is 17.5 Å². The van der Waals surface area contributed by atoms with Crippen molar-refractivity contribution in [2.75, 3.05) is 29.9 Å². The van der Waals surface area contributed by atoms with Crippen LogP contribution in [0.3, 0.4) is 0 Å². The number of benzene rings is 2. The van der Waals surface area contributed by atoms with E-state index in [0.29, 0.717) is 17.5 Å². The van der Waals surface area contributed by atoms with Gasteiger partial charge in [-0.05, 0) is 66.6 Å². The van der Waals surface area contributed by atoms with Crippen LogP contribution in [0.5, 0.6) is 0 Å². The van der Waals surface area contributed by atoms with Gasteiger partial charge in [-0.3, -0.25) is 9.79 Å². The summed E-state index contributed by atoms with van der Waals surface area (Å²) in [7, 11) is 0. The number of anilines is 2. The molecule has 9 heteroatoms. The molecule has 0 amide bonds. The van der Waals surface area contributed by atoms with E-state index in [1.165, 1.54) is 29.5 Å². The summed E-state index contributed by atoms with van der Waals surface area (Å²) in [5.74, 6) is 1.41. The summed E-state index contributed by atoms with van der Waals surface area (Å²) >= 11 is 7.26. The minimum atomic E-state index is -0.677. The standard InChI is InChI=1S/C26H23ClFN5OS/c1-16-12-22(29-15-16)30-23-14-24(33-10-3-11-33)32-26(31-23)35-18-8-6-17(7-9-18)13-21(34)19-4-2-5-20(27)25(19)28/h2,4-9,12,14H,3,10-11,13,15H2,1H3,(H,29,30,31,32). The normalized spacial score (nSPS) is 14.9. The van der Waals surface area contributed by atoms with E-state index < -0.39 is 5.82 Å². The highest BCUT2D eigenvalue weighted by molar-refractivity contribution is 7.99. The number of hydrogen-bond donors (Lipinski definition) is 1. The monoisotopic (exact) mass is 507 g/mol. The molecule has 2 aromatic carbocycles. The van der Waals surface area contributed by atoms with Crippen molar-refractivity contribution in [2.45, 2.75) is 29.8 Å². The predicted octanol–water partition coefficient (Wildman–Crippen LogP) is 5.83. The average molecular weight is 508 g/mol. The van der Waals surface area contributed by atoms with Crippen LogP contribution >= 0.6 is 23.4 Å². The molecule has 3 aromatic rings. The van der Waals surface area contributed by atoms with Crippen molar-refractivity contribution in [3.05, 3.63) is 82.1 Å². The fourth-order valence-corrected chi connectivity index (χ4v) is 4.69. The van der Waals surface area contributed by atoms with Gasteiger partial charge < -0.3 is 10.2 Å². The van der Waals surface area contributed by atoms with E-state index in [9.17, 15) is 9.18 Å². The number of carbonyl (C=O) groups is 1. The Kier molecular flexibility index (Phi) is 6.83. The molecule has 35 heavy (non-hydrogen) atoms. The molecule has 0 unspecified atom stereocenters. The second kappa shape index (κ2) is 10.2. The summed E-state index contributed by atoms with van der Waals surface area (Å²) in [6.07, 6.45) is 3.27. The zero-order chi connectivity index (χ0) is 24.4. The van der Waals surface area contributed by atoms with Gasteiger partial charge in [0.25, 0.3) is 0 Å². The predicted molar refractivity (Wildman–Crippen MR) is 139 cm³/mol. The molecule has 0 atom stereocenters. The van der Waals surface area contributed by atoms with Gasteiger partial charge in [-0.2, -0.15) is 0 Å². The lowest BCUT2D eigenvalue weighted by molar-refractivity contribution is 0.0989. The van der Waals surface area contributed by atoms with Crippen molar-refractivity contribution in [3.8, 4) is 0 Å². The van der Waals surface area contributed by atoms with Crippen molar-refractivity contribution >= 4 is 46.6 Å². The number of carbonyl (C=O) groups excluding carboxylic acids is 1. The topological polar surface area (TPSA) is 70.5 Å². The number of rotatable bonds is 7. The van der Waals surface area contributed by atoms with Gasteiger partial charge in [-0.15, -0.1) is 0 Å². The number of aliphatic imine (C=N–C) groups is 1. The molecular weight excluding hydrogens is 485 g/mol. The summed E-state index contributed by atoms with van der Waals surface area (Å²) in [6.45, 7) is 4.72. The lowest BCUT2D eigenvalue weighted by atomic mass is 10.0. The van der Waals surface area contributed by atoms with Crippen molar-refractivity contribution in [2.24, 2.45) is 4.99 Å². The van der Waals surface area contributed by atoms with Crippen LogP contribution in [0.1, 0.15) is 29.3 Å². The molecule has 1 saturated heterocycles. The molecule has 0 aliphatic carbocycles. The van der Waals surface area contributed by atoms with Gasteiger partial charge in [0.15, 0.2) is 16.8 Å². The molecular formula is C26H23ClFN5OS. The highest BCUT2D eigenvalue weighted by atomic mass is 35.5. The van der Waals surface area contributed by atoms with Crippen molar-refractivity contribution in [3.63, 3.8) is 0 Å². The van der Waals surface area contributed by atoms with E-state index in [0.717, 1.165) is 41.6 Å². The largest absolute Gasteiger partial charge is 0.356 e. The first-order valence-electron chi connectivity index (χ1n) is 11.3. The molecule has 0 saturated carbocycles. The molecule has 2 aliphatic heterocycles. The molecule has 3 heterocycles. The molecule has 2 aliphatic rings. The molecule has 5 rings (SSSR count). The molecule has 6 nitrogen and oxygen atoms in total. The Balaban J connectivity index is 1.30. The maximum Gasteiger partial charge on any atom is 0.196 e. The van der Waals surface area contributed by atoms with Crippen molar-refractivity contribution < 1.29 is 9.18 Å². The van der Waals surface area contributed by atoms with Crippen molar-refractivity contribution in [1.82, 2.24) is 9.97 Å². The van der Waals surface area contributed by atoms with E-state index in [2.05, 4.69) is 20.2 Å². The lowest BCUT2D eigenvalue weighted by Gasteiger charge is -2.32. The van der Waals surface area contributed by atoms with Crippen LogP contribution in [0.25, 0.3) is 0 Å². The third kappa shape index (κ3) is 5.55. The Labute approximate surface area is 212 Å². The van der Waals surface area contributed by atoms with E-state index in [1.807, 2.05) is 43.3 Å². The van der Waals surface area contributed by atoms with Gasteiger partial charge in [0.05, 0.1) is 17.1 Å². The van der Waals surface area contributed by atoms with Gasteiger partial charge in [0.2, 0.25) is 0 Å². The van der Waals surface area contributed by atoms with E-state index in [1.54, 1.807) is 6.07 Å². The third-order valence-electron chi connectivity index (χ3n) is 5.76. The number of nitrogens with one attached hydrogen (secondary N) is 1. The zero-order valence-corrected chi connectivity index (χ0v) is 20.7. The maximum absolute atomic E-state index is 14.2. The summed E-state index contributed by atoms with van der Waals surface area (Å²) in [5, 5.41) is 3.87. The molecule has 0 radical (unpaired) electrons. The highest BCUT2D eigenvalue weighted by Gasteiger charge is 2.19. The third-order valence-corrected chi connectivity index (χ3v) is 6.92. The van der Waals surface area contributed by atoms with E-state index >= 15 is 0 Å². The second-order valence-corrected chi connectivity index (χ2v) is 9.95. The Morgan fingerprint density at radius 2 is 1.97 bits per heavy atom.